The minimum atomic E-state index is 0.511. The molecule has 0 spiro atoms. The van der Waals surface area contributed by atoms with Gasteiger partial charge in [0.05, 0.1) is 5.02 Å². The van der Waals surface area contributed by atoms with Gasteiger partial charge in [0, 0.05) is 15.4 Å². The van der Waals surface area contributed by atoms with Crippen molar-refractivity contribution in [3.05, 3.63) is 45.4 Å². The Kier molecular flexibility index (Phi) is 2.57. The molecule has 0 aromatic heterocycles. The van der Waals surface area contributed by atoms with E-state index in [4.69, 9.17) is 11.6 Å². The van der Waals surface area contributed by atoms with Gasteiger partial charge in [-0.3, -0.25) is 4.79 Å². The van der Waals surface area contributed by atoms with Gasteiger partial charge in [0.2, 0.25) is 0 Å². The summed E-state index contributed by atoms with van der Waals surface area (Å²) >= 11 is 9.47. The first-order valence-electron chi connectivity index (χ1n) is 4.06. The van der Waals surface area contributed by atoms with E-state index in [0.29, 0.717) is 10.6 Å². The van der Waals surface area contributed by atoms with Gasteiger partial charge in [-0.25, -0.2) is 0 Å². The van der Waals surface area contributed by atoms with Crippen LogP contribution in [-0.2, 0) is 0 Å². The van der Waals surface area contributed by atoms with Crippen LogP contribution >= 0.6 is 27.5 Å². The Morgan fingerprint density at radius 2 is 1.86 bits per heavy atom. The monoisotopic (exact) mass is 268 g/mol. The second kappa shape index (κ2) is 3.71. The first-order chi connectivity index (χ1) is 6.74. The number of aldehydes is 1. The van der Waals surface area contributed by atoms with E-state index in [0.717, 1.165) is 21.5 Å². The molecule has 0 atom stereocenters. The molecule has 0 radical (unpaired) electrons. The van der Waals surface area contributed by atoms with Gasteiger partial charge in [-0.1, -0.05) is 51.8 Å². The van der Waals surface area contributed by atoms with Crippen LogP contribution in [0.5, 0.6) is 0 Å². The molecule has 0 N–H and O–H groups in total. The maximum atomic E-state index is 10.7. The SMILES string of the molecule is O=Cc1cc(Br)c2ccccc2c1Cl. The highest BCUT2D eigenvalue weighted by Crippen LogP contribution is 2.32. The molecule has 0 bridgehead atoms. The lowest BCUT2D eigenvalue weighted by Gasteiger charge is -2.04. The third kappa shape index (κ3) is 1.45. The predicted molar refractivity (Wildman–Crippen MR) is 62.0 cm³/mol. The highest BCUT2D eigenvalue weighted by Gasteiger charge is 2.07. The molecule has 1 nitrogen and oxygen atoms in total. The van der Waals surface area contributed by atoms with Crippen LogP contribution in [0.1, 0.15) is 10.4 Å². The molecule has 0 heterocycles. The summed E-state index contributed by atoms with van der Waals surface area (Å²) in [5, 5.41) is 2.42. The standard InChI is InChI=1S/C11H6BrClO/c12-10-5-7(6-14)11(13)9-4-2-1-3-8(9)10/h1-6H. The van der Waals surface area contributed by atoms with Crippen molar-refractivity contribution in [2.45, 2.75) is 0 Å². The zero-order valence-corrected chi connectivity index (χ0v) is 9.47. The van der Waals surface area contributed by atoms with Gasteiger partial charge < -0.3 is 0 Å². The summed E-state index contributed by atoms with van der Waals surface area (Å²) < 4.78 is 0.889. The summed E-state index contributed by atoms with van der Waals surface area (Å²) in [6.45, 7) is 0. The fourth-order valence-corrected chi connectivity index (χ4v) is 2.26. The fraction of sp³-hybridized carbons (Fsp3) is 0. The van der Waals surface area contributed by atoms with E-state index < -0.39 is 0 Å². The van der Waals surface area contributed by atoms with E-state index in [9.17, 15) is 4.79 Å². The molecule has 0 unspecified atom stereocenters. The summed E-state index contributed by atoms with van der Waals surface area (Å²) in [4.78, 5) is 10.7. The minimum Gasteiger partial charge on any atom is -0.298 e. The van der Waals surface area contributed by atoms with E-state index in [1.165, 1.54) is 0 Å². The first kappa shape index (κ1) is 9.69. The Morgan fingerprint density at radius 1 is 1.21 bits per heavy atom. The van der Waals surface area contributed by atoms with Crippen molar-refractivity contribution in [2.24, 2.45) is 0 Å². The number of carbonyl (C=O) groups excluding carboxylic acids is 1. The van der Waals surface area contributed by atoms with E-state index in [-0.39, 0.29) is 0 Å². The molecule has 3 heteroatoms. The summed E-state index contributed by atoms with van der Waals surface area (Å²) in [6.07, 6.45) is 0.763. The van der Waals surface area contributed by atoms with Gasteiger partial charge in [-0.15, -0.1) is 0 Å². The number of carbonyl (C=O) groups is 1. The third-order valence-corrected chi connectivity index (χ3v) is 3.16. The average molecular weight is 270 g/mol. The van der Waals surface area contributed by atoms with Crippen LogP contribution in [0.4, 0.5) is 0 Å². The average Bonchev–Trinajstić information content (AvgIpc) is 2.23. The van der Waals surface area contributed by atoms with Crippen LogP contribution in [-0.4, -0.2) is 6.29 Å². The van der Waals surface area contributed by atoms with Gasteiger partial charge in [-0.05, 0) is 11.5 Å². The lowest BCUT2D eigenvalue weighted by Crippen LogP contribution is -1.85. The molecule has 0 aliphatic carbocycles. The molecular weight excluding hydrogens is 263 g/mol. The second-order valence-corrected chi connectivity index (χ2v) is 4.16. The normalized spacial score (nSPS) is 10.4. The minimum absolute atomic E-state index is 0.511. The van der Waals surface area contributed by atoms with Crippen LogP contribution in [0.3, 0.4) is 0 Å². The molecule has 0 aliphatic heterocycles. The lowest BCUT2D eigenvalue weighted by molar-refractivity contribution is 0.112. The zero-order chi connectivity index (χ0) is 10.1. The second-order valence-electron chi connectivity index (χ2n) is 2.93. The molecule has 2 rings (SSSR count). The summed E-state index contributed by atoms with van der Waals surface area (Å²) in [7, 11) is 0. The van der Waals surface area contributed by atoms with Gasteiger partial charge in [0.15, 0.2) is 6.29 Å². The Hall–Kier alpha value is -0.860. The lowest BCUT2D eigenvalue weighted by atomic mass is 10.1. The van der Waals surface area contributed by atoms with Gasteiger partial charge in [0.25, 0.3) is 0 Å². The molecule has 0 aliphatic rings. The maximum absolute atomic E-state index is 10.7. The Morgan fingerprint density at radius 3 is 2.50 bits per heavy atom. The summed E-state index contributed by atoms with van der Waals surface area (Å²) in [5.41, 5.74) is 0.511. The summed E-state index contributed by atoms with van der Waals surface area (Å²) in [6, 6.07) is 9.42. The van der Waals surface area contributed by atoms with Crippen molar-refractivity contribution in [2.75, 3.05) is 0 Å². The van der Waals surface area contributed by atoms with Crippen LogP contribution in [0, 0.1) is 0 Å². The van der Waals surface area contributed by atoms with Gasteiger partial charge in [0.1, 0.15) is 0 Å². The van der Waals surface area contributed by atoms with Crippen molar-refractivity contribution in [3.63, 3.8) is 0 Å². The van der Waals surface area contributed by atoms with Gasteiger partial charge >= 0.3 is 0 Å². The third-order valence-electron chi connectivity index (χ3n) is 2.08. The molecule has 70 valence electrons. The number of hydrogen-bond donors (Lipinski definition) is 0. The van der Waals surface area contributed by atoms with Gasteiger partial charge in [-0.2, -0.15) is 0 Å². The smallest absolute Gasteiger partial charge is 0.151 e. The Balaban J connectivity index is 2.94. The molecular formula is C11H6BrClO. The van der Waals surface area contributed by atoms with Crippen molar-refractivity contribution in [1.29, 1.82) is 0 Å². The molecule has 14 heavy (non-hydrogen) atoms. The van der Waals surface area contributed by atoms with Crippen LogP contribution in [0.15, 0.2) is 34.8 Å². The zero-order valence-electron chi connectivity index (χ0n) is 7.13. The topological polar surface area (TPSA) is 17.1 Å². The molecule has 0 saturated heterocycles. The highest BCUT2D eigenvalue weighted by atomic mass is 79.9. The quantitative estimate of drug-likeness (QED) is 0.713. The van der Waals surface area contributed by atoms with Crippen molar-refractivity contribution in [1.82, 2.24) is 0 Å². The van der Waals surface area contributed by atoms with E-state index in [1.807, 2.05) is 24.3 Å². The largest absolute Gasteiger partial charge is 0.298 e. The highest BCUT2D eigenvalue weighted by molar-refractivity contribution is 9.10. The molecule has 0 fully saturated rings. The molecule has 2 aromatic carbocycles. The van der Waals surface area contributed by atoms with Crippen LogP contribution in [0.2, 0.25) is 5.02 Å². The molecule has 0 saturated carbocycles. The Bertz CT molecular complexity index is 508. The van der Waals surface area contributed by atoms with E-state index in [2.05, 4.69) is 15.9 Å². The Labute approximate surface area is 94.8 Å². The number of benzene rings is 2. The van der Waals surface area contributed by atoms with Crippen LogP contribution in [0.25, 0.3) is 10.8 Å². The fourth-order valence-electron chi connectivity index (χ4n) is 1.40. The van der Waals surface area contributed by atoms with E-state index in [1.54, 1.807) is 6.07 Å². The molecule has 0 amide bonds. The maximum Gasteiger partial charge on any atom is 0.151 e. The number of halogens is 2. The van der Waals surface area contributed by atoms with Crippen LogP contribution < -0.4 is 0 Å². The van der Waals surface area contributed by atoms with E-state index >= 15 is 0 Å². The van der Waals surface area contributed by atoms with Crippen molar-refractivity contribution >= 4 is 44.6 Å². The van der Waals surface area contributed by atoms with Crippen molar-refractivity contribution in [3.8, 4) is 0 Å². The summed E-state index contributed by atoms with van der Waals surface area (Å²) in [5.74, 6) is 0. The predicted octanol–water partition coefficient (Wildman–Crippen LogP) is 4.07. The molecule has 2 aromatic rings. The first-order valence-corrected chi connectivity index (χ1v) is 5.23. The van der Waals surface area contributed by atoms with Crippen molar-refractivity contribution < 1.29 is 4.79 Å². The number of rotatable bonds is 1. The number of hydrogen-bond acceptors (Lipinski definition) is 1. The number of fused-ring (bicyclic) bond motifs is 1.